The van der Waals surface area contributed by atoms with Crippen LogP contribution in [-0.4, -0.2) is 33.3 Å². The van der Waals surface area contributed by atoms with E-state index in [1.807, 2.05) is 12.1 Å². The van der Waals surface area contributed by atoms with E-state index in [-0.39, 0.29) is 24.0 Å². The number of guanidine groups is 1. The Bertz CT molecular complexity index is 615. The number of aliphatic imine (C=N–C) groups is 1. The summed E-state index contributed by atoms with van der Waals surface area (Å²) < 4.78 is 15.9. The maximum atomic E-state index is 5.55. The quantitative estimate of drug-likeness (QED) is 0.240. The van der Waals surface area contributed by atoms with Crippen LogP contribution < -0.4 is 10.6 Å². The van der Waals surface area contributed by atoms with Crippen LogP contribution in [0.2, 0.25) is 0 Å². The fourth-order valence-corrected chi connectivity index (χ4v) is 2.27. The van der Waals surface area contributed by atoms with Crippen LogP contribution in [0.25, 0.3) is 0 Å². The van der Waals surface area contributed by atoms with Crippen molar-refractivity contribution < 1.29 is 13.9 Å². The molecule has 6 nitrogen and oxygen atoms in total. The van der Waals surface area contributed by atoms with E-state index in [0.29, 0.717) is 19.8 Å². The molecule has 0 saturated heterocycles. The summed E-state index contributed by atoms with van der Waals surface area (Å²) in [6, 6.07) is 12.1. The number of methoxy groups -OCH3 is 1. The standard InChI is InChI=1S/C19H27N3O3.HI/c1-20-19(21-10-4-11-24-15-18-5-3-12-25-18)22-13-16-6-8-17(9-7-16)14-23-2;/h3,5-9,12H,4,10-11,13-15H2,1-2H3,(H2,20,21,22);1H. The zero-order valence-electron chi connectivity index (χ0n) is 15.4. The Morgan fingerprint density at radius 3 is 2.50 bits per heavy atom. The first-order valence-corrected chi connectivity index (χ1v) is 8.43. The first kappa shape index (κ1) is 22.5. The summed E-state index contributed by atoms with van der Waals surface area (Å²) in [5.74, 6) is 1.63. The molecular weight excluding hydrogens is 445 g/mol. The molecule has 1 aromatic heterocycles. The van der Waals surface area contributed by atoms with Crippen LogP contribution in [0.5, 0.6) is 0 Å². The molecule has 0 unspecified atom stereocenters. The second-order valence-corrected chi connectivity index (χ2v) is 5.59. The van der Waals surface area contributed by atoms with Gasteiger partial charge in [-0.25, -0.2) is 0 Å². The number of benzene rings is 1. The molecule has 0 atom stereocenters. The molecule has 2 aromatic rings. The van der Waals surface area contributed by atoms with Crippen LogP contribution in [0.15, 0.2) is 52.1 Å². The zero-order chi connectivity index (χ0) is 17.7. The normalized spacial score (nSPS) is 11.1. The van der Waals surface area contributed by atoms with E-state index in [0.717, 1.165) is 31.2 Å². The van der Waals surface area contributed by atoms with Crippen LogP contribution in [-0.2, 0) is 29.2 Å². The summed E-state index contributed by atoms with van der Waals surface area (Å²) in [6.07, 6.45) is 2.55. The van der Waals surface area contributed by atoms with Gasteiger partial charge in [0.15, 0.2) is 5.96 Å². The molecule has 0 aliphatic heterocycles. The Morgan fingerprint density at radius 1 is 1.08 bits per heavy atom. The molecule has 2 rings (SSSR count). The molecule has 7 heteroatoms. The van der Waals surface area contributed by atoms with E-state index >= 15 is 0 Å². The number of hydrogen-bond donors (Lipinski definition) is 2. The second-order valence-electron chi connectivity index (χ2n) is 5.59. The monoisotopic (exact) mass is 473 g/mol. The highest BCUT2D eigenvalue weighted by atomic mass is 127. The van der Waals surface area contributed by atoms with Crippen molar-refractivity contribution in [2.45, 2.75) is 26.2 Å². The Balaban J connectivity index is 0.00000338. The van der Waals surface area contributed by atoms with Gasteiger partial charge in [0, 0.05) is 33.9 Å². The molecule has 1 heterocycles. The van der Waals surface area contributed by atoms with Crippen molar-refractivity contribution in [3.63, 3.8) is 0 Å². The van der Waals surface area contributed by atoms with Crippen molar-refractivity contribution in [2.24, 2.45) is 4.99 Å². The SMILES string of the molecule is CN=C(NCCCOCc1ccco1)NCc1ccc(COC)cc1.I. The number of ether oxygens (including phenoxy) is 2. The van der Waals surface area contributed by atoms with Gasteiger partial charge in [-0.05, 0) is 29.7 Å². The van der Waals surface area contributed by atoms with Crippen LogP contribution in [0.3, 0.4) is 0 Å². The highest BCUT2D eigenvalue weighted by molar-refractivity contribution is 14.0. The van der Waals surface area contributed by atoms with E-state index in [9.17, 15) is 0 Å². The lowest BCUT2D eigenvalue weighted by atomic mass is 10.1. The summed E-state index contributed by atoms with van der Waals surface area (Å²) in [5.41, 5.74) is 2.37. The minimum atomic E-state index is 0. The van der Waals surface area contributed by atoms with Gasteiger partial charge in [0.05, 0.1) is 12.9 Å². The van der Waals surface area contributed by atoms with E-state index in [4.69, 9.17) is 13.9 Å². The Kier molecular flexibility index (Phi) is 11.7. The molecule has 0 aliphatic carbocycles. The molecule has 0 saturated carbocycles. The molecule has 0 aliphatic rings. The molecule has 0 spiro atoms. The van der Waals surface area contributed by atoms with Crippen molar-refractivity contribution in [2.75, 3.05) is 27.3 Å². The van der Waals surface area contributed by atoms with Gasteiger partial charge in [-0.3, -0.25) is 4.99 Å². The summed E-state index contributed by atoms with van der Waals surface area (Å²) in [5, 5.41) is 6.58. The van der Waals surface area contributed by atoms with Gasteiger partial charge in [-0.15, -0.1) is 24.0 Å². The van der Waals surface area contributed by atoms with Crippen molar-refractivity contribution in [3.8, 4) is 0 Å². The van der Waals surface area contributed by atoms with Gasteiger partial charge in [0.2, 0.25) is 0 Å². The maximum absolute atomic E-state index is 5.55. The minimum Gasteiger partial charge on any atom is -0.467 e. The average Bonchev–Trinajstić information content (AvgIpc) is 3.15. The third kappa shape index (κ3) is 8.68. The van der Waals surface area contributed by atoms with Crippen molar-refractivity contribution >= 4 is 29.9 Å². The molecule has 0 amide bonds. The van der Waals surface area contributed by atoms with Gasteiger partial charge in [0.1, 0.15) is 12.4 Å². The van der Waals surface area contributed by atoms with Crippen molar-refractivity contribution in [1.29, 1.82) is 0 Å². The predicted molar refractivity (Wildman–Crippen MR) is 114 cm³/mol. The number of furan rings is 1. The van der Waals surface area contributed by atoms with Crippen molar-refractivity contribution in [1.82, 2.24) is 10.6 Å². The van der Waals surface area contributed by atoms with Gasteiger partial charge in [0.25, 0.3) is 0 Å². The van der Waals surface area contributed by atoms with Crippen LogP contribution in [0, 0.1) is 0 Å². The summed E-state index contributed by atoms with van der Waals surface area (Å²) >= 11 is 0. The Hall–Kier alpha value is -1.58. The first-order chi connectivity index (χ1) is 12.3. The molecule has 144 valence electrons. The second kappa shape index (κ2) is 13.6. The van der Waals surface area contributed by atoms with Crippen LogP contribution >= 0.6 is 24.0 Å². The molecule has 2 N–H and O–H groups in total. The minimum absolute atomic E-state index is 0. The topological polar surface area (TPSA) is 68.0 Å². The van der Waals surface area contributed by atoms with E-state index in [1.54, 1.807) is 20.4 Å². The fraction of sp³-hybridized carbons (Fsp3) is 0.421. The lowest BCUT2D eigenvalue weighted by Gasteiger charge is -2.12. The highest BCUT2D eigenvalue weighted by Gasteiger charge is 2.00. The van der Waals surface area contributed by atoms with Crippen LogP contribution in [0.4, 0.5) is 0 Å². The zero-order valence-corrected chi connectivity index (χ0v) is 17.7. The van der Waals surface area contributed by atoms with E-state index in [1.165, 1.54) is 11.1 Å². The predicted octanol–water partition coefficient (Wildman–Crippen LogP) is 3.32. The smallest absolute Gasteiger partial charge is 0.191 e. The van der Waals surface area contributed by atoms with Gasteiger partial charge < -0.3 is 24.5 Å². The van der Waals surface area contributed by atoms with Gasteiger partial charge in [-0.1, -0.05) is 24.3 Å². The van der Waals surface area contributed by atoms with Crippen molar-refractivity contribution in [3.05, 3.63) is 59.5 Å². The van der Waals surface area contributed by atoms with Gasteiger partial charge in [-0.2, -0.15) is 0 Å². The van der Waals surface area contributed by atoms with Gasteiger partial charge >= 0.3 is 0 Å². The van der Waals surface area contributed by atoms with Crippen LogP contribution in [0.1, 0.15) is 23.3 Å². The van der Waals surface area contributed by atoms with E-state index < -0.39 is 0 Å². The lowest BCUT2D eigenvalue weighted by molar-refractivity contribution is 0.105. The molecule has 26 heavy (non-hydrogen) atoms. The summed E-state index contributed by atoms with van der Waals surface area (Å²) in [4.78, 5) is 4.23. The number of nitrogens with one attached hydrogen (secondary N) is 2. The molecule has 0 fully saturated rings. The number of nitrogens with zero attached hydrogens (tertiary/aromatic N) is 1. The Labute approximate surface area is 172 Å². The molecule has 1 aromatic carbocycles. The average molecular weight is 473 g/mol. The number of halogens is 1. The fourth-order valence-electron chi connectivity index (χ4n) is 2.27. The lowest BCUT2D eigenvalue weighted by Crippen LogP contribution is -2.37. The largest absolute Gasteiger partial charge is 0.467 e. The molecule has 0 bridgehead atoms. The summed E-state index contributed by atoms with van der Waals surface area (Å²) in [6.45, 7) is 3.34. The summed E-state index contributed by atoms with van der Waals surface area (Å²) in [7, 11) is 3.47. The third-order valence-corrected chi connectivity index (χ3v) is 3.60. The third-order valence-electron chi connectivity index (χ3n) is 3.60. The maximum Gasteiger partial charge on any atom is 0.191 e. The number of rotatable bonds is 10. The first-order valence-electron chi connectivity index (χ1n) is 8.43. The highest BCUT2D eigenvalue weighted by Crippen LogP contribution is 2.05. The Morgan fingerprint density at radius 2 is 1.85 bits per heavy atom. The van der Waals surface area contributed by atoms with E-state index in [2.05, 4.69) is 39.9 Å². The molecular formula is C19H28IN3O3. The molecule has 0 radical (unpaired) electrons. The number of hydrogen-bond acceptors (Lipinski definition) is 4.